The fraction of sp³-hybridized carbons (Fsp3) is 0.409. The maximum absolute atomic E-state index is 12.9. The molecular weight excluding hydrogens is 388 g/mol. The Morgan fingerprint density at radius 3 is 2.28 bits per heavy atom. The van der Waals surface area contributed by atoms with Gasteiger partial charge in [-0.1, -0.05) is 26.0 Å². The van der Waals surface area contributed by atoms with E-state index in [-0.39, 0.29) is 23.0 Å². The first-order valence-electron chi connectivity index (χ1n) is 9.84. The number of nitrogens with one attached hydrogen (secondary N) is 1. The van der Waals surface area contributed by atoms with Gasteiger partial charge in [0.05, 0.1) is 17.1 Å². The average molecular weight is 417 g/mol. The van der Waals surface area contributed by atoms with Gasteiger partial charge in [0.25, 0.3) is 5.91 Å². The summed E-state index contributed by atoms with van der Waals surface area (Å²) in [5, 5.41) is 2.87. The molecule has 0 aromatic heterocycles. The van der Waals surface area contributed by atoms with E-state index in [9.17, 15) is 13.2 Å². The van der Waals surface area contributed by atoms with Crippen molar-refractivity contribution in [3.63, 3.8) is 0 Å². The molecular formula is C22H28N2O4S. The molecule has 0 saturated carbocycles. The molecule has 1 amide bonds. The van der Waals surface area contributed by atoms with Crippen LogP contribution in [-0.4, -0.2) is 43.9 Å². The molecule has 156 valence electrons. The van der Waals surface area contributed by atoms with E-state index in [0.717, 1.165) is 5.56 Å². The van der Waals surface area contributed by atoms with Crippen LogP contribution in [0, 0.1) is 0 Å². The highest BCUT2D eigenvalue weighted by molar-refractivity contribution is 7.89. The standard InChI is InChI=1S/C22H28N2O4S/c1-15(2)19-6-5-7-20(12-19)23-22(25)18-8-10-21(11-9-18)29(26,27)24-13-16(3)28-17(4)14-24/h5-12,15-17H,13-14H2,1-4H3,(H,23,25)/t16-,17+. The Hall–Kier alpha value is -2.22. The molecule has 7 heteroatoms. The molecule has 3 rings (SSSR count). The molecule has 1 aliphatic rings. The number of hydrogen-bond acceptors (Lipinski definition) is 4. The van der Waals surface area contributed by atoms with Gasteiger partial charge in [-0.2, -0.15) is 4.31 Å². The molecule has 0 spiro atoms. The smallest absolute Gasteiger partial charge is 0.255 e. The van der Waals surface area contributed by atoms with Crippen molar-refractivity contribution in [3.8, 4) is 0 Å². The van der Waals surface area contributed by atoms with Gasteiger partial charge in [-0.25, -0.2) is 8.42 Å². The predicted molar refractivity (Wildman–Crippen MR) is 114 cm³/mol. The number of nitrogens with zero attached hydrogens (tertiary/aromatic N) is 1. The average Bonchev–Trinajstić information content (AvgIpc) is 2.67. The highest BCUT2D eigenvalue weighted by Gasteiger charge is 2.32. The molecule has 1 aliphatic heterocycles. The summed E-state index contributed by atoms with van der Waals surface area (Å²) >= 11 is 0. The van der Waals surface area contributed by atoms with E-state index in [1.165, 1.54) is 16.4 Å². The summed E-state index contributed by atoms with van der Waals surface area (Å²) in [6.45, 7) is 8.55. The van der Waals surface area contributed by atoms with Gasteiger partial charge in [-0.05, 0) is 61.7 Å². The first-order chi connectivity index (χ1) is 13.7. The number of carbonyl (C=O) groups excluding carboxylic acids is 1. The van der Waals surface area contributed by atoms with Crippen molar-refractivity contribution in [1.82, 2.24) is 4.31 Å². The number of ether oxygens (including phenoxy) is 1. The Morgan fingerprint density at radius 1 is 1.07 bits per heavy atom. The lowest BCUT2D eigenvalue weighted by Gasteiger charge is -2.34. The zero-order valence-electron chi connectivity index (χ0n) is 17.3. The molecule has 1 fully saturated rings. The lowest BCUT2D eigenvalue weighted by Crippen LogP contribution is -2.48. The summed E-state index contributed by atoms with van der Waals surface area (Å²) in [6.07, 6.45) is -0.305. The summed E-state index contributed by atoms with van der Waals surface area (Å²) in [4.78, 5) is 12.7. The van der Waals surface area contributed by atoms with Gasteiger partial charge in [0.2, 0.25) is 10.0 Å². The molecule has 2 atom stereocenters. The van der Waals surface area contributed by atoms with Crippen molar-refractivity contribution < 1.29 is 17.9 Å². The molecule has 1 heterocycles. The minimum absolute atomic E-state index is 0.153. The van der Waals surface area contributed by atoms with Crippen molar-refractivity contribution in [3.05, 3.63) is 59.7 Å². The number of anilines is 1. The second-order valence-corrected chi connectivity index (χ2v) is 9.78. The molecule has 1 saturated heterocycles. The zero-order chi connectivity index (χ0) is 21.2. The highest BCUT2D eigenvalue weighted by Crippen LogP contribution is 2.22. The second kappa shape index (κ2) is 8.65. The van der Waals surface area contributed by atoms with Gasteiger partial charge < -0.3 is 10.1 Å². The Balaban J connectivity index is 1.74. The number of morpholine rings is 1. The quantitative estimate of drug-likeness (QED) is 0.803. The maximum atomic E-state index is 12.9. The fourth-order valence-electron chi connectivity index (χ4n) is 3.43. The third-order valence-electron chi connectivity index (χ3n) is 4.95. The largest absolute Gasteiger partial charge is 0.373 e. The SMILES string of the molecule is CC(C)c1cccc(NC(=O)c2ccc(S(=O)(=O)N3C[C@@H](C)O[C@@H](C)C3)cc2)c1. The summed E-state index contributed by atoms with van der Waals surface area (Å²) in [5.41, 5.74) is 2.26. The number of amides is 1. The minimum atomic E-state index is -3.62. The molecule has 0 aliphatic carbocycles. The maximum Gasteiger partial charge on any atom is 0.255 e. The summed E-state index contributed by atoms with van der Waals surface area (Å²) in [5.74, 6) is 0.0884. The van der Waals surface area contributed by atoms with Gasteiger partial charge in [-0.3, -0.25) is 4.79 Å². The lowest BCUT2D eigenvalue weighted by atomic mass is 10.0. The summed E-state index contributed by atoms with van der Waals surface area (Å²) in [7, 11) is -3.62. The van der Waals surface area contributed by atoms with E-state index in [1.54, 1.807) is 12.1 Å². The fourth-order valence-corrected chi connectivity index (χ4v) is 5.02. The zero-order valence-corrected chi connectivity index (χ0v) is 18.1. The van der Waals surface area contributed by atoms with Gasteiger partial charge in [0.1, 0.15) is 0 Å². The third kappa shape index (κ3) is 5.04. The van der Waals surface area contributed by atoms with Crippen LogP contribution < -0.4 is 5.32 Å². The molecule has 0 unspecified atom stereocenters. The van der Waals surface area contributed by atoms with Gasteiger partial charge >= 0.3 is 0 Å². The van der Waals surface area contributed by atoms with Crippen LogP contribution in [0.15, 0.2) is 53.4 Å². The summed E-state index contributed by atoms with van der Waals surface area (Å²) < 4.78 is 32.9. The Kier molecular flexibility index (Phi) is 6.41. The molecule has 2 aromatic rings. The van der Waals surface area contributed by atoms with Crippen LogP contribution in [0.3, 0.4) is 0 Å². The number of rotatable bonds is 5. The van der Waals surface area contributed by atoms with Crippen LogP contribution in [0.4, 0.5) is 5.69 Å². The normalized spacial score (nSPS) is 20.6. The molecule has 1 N–H and O–H groups in total. The lowest BCUT2D eigenvalue weighted by molar-refractivity contribution is -0.0440. The van der Waals surface area contributed by atoms with E-state index in [1.807, 2.05) is 38.1 Å². The molecule has 29 heavy (non-hydrogen) atoms. The monoisotopic (exact) mass is 416 g/mol. The summed E-state index contributed by atoms with van der Waals surface area (Å²) in [6, 6.07) is 13.8. The van der Waals surface area contributed by atoms with Crippen LogP contribution in [0.2, 0.25) is 0 Å². The Labute approximate surface area is 172 Å². The number of benzene rings is 2. The van der Waals surface area contributed by atoms with Gasteiger partial charge in [-0.15, -0.1) is 0 Å². The second-order valence-electron chi connectivity index (χ2n) is 7.84. The minimum Gasteiger partial charge on any atom is -0.373 e. The number of hydrogen-bond donors (Lipinski definition) is 1. The van der Waals surface area contributed by atoms with Crippen molar-refractivity contribution in [2.75, 3.05) is 18.4 Å². The van der Waals surface area contributed by atoms with Crippen molar-refractivity contribution >= 4 is 21.6 Å². The first kappa shape index (κ1) is 21.5. The van der Waals surface area contributed by atoms with Crippen LogP contribution in [0.5, 0.6) is 0 Å². The topological polar surface area (TPSA) is 75.7 Å². The highest BCUT2D eigenvalue weighted by atomic mass is 32.2. The van der Waals surface area contributed by atoms with Gasteiger partial charge in [0.15, 0.2) is 0 Å². The number of sulfonamides is 1. The van der Waals surface area contributed by atoms with Crippen LogP contribution >= 0.6 is 0 Å². The third-order valence-corrected chi connectivity index (χ3v) is 6.80. The van der Waals surface area contributed by atoms with Crippen molar-refractivity contribution in [2.45, 2.75) is 50.7 Å². The molecule has 0 radical (unpaired) electrons. The van der Waals surface area contributed by atoms with Crippen LogP contribution in [0.25, 0.3) is 0 Å². The predicted octanol–water partition coefficient (Wildman–Crippen LogP) is 3.86. The van der Waals surface area contributed by atoms with Crippen LogP contribution in [0.1, 0.15) is 49.5 Å². The van der Waals surface area contributed by atoms with Crippen molar-refractivity contribution in [2.24, 2.45) is 0 Å². The molecule has 0 bridgehead atoms. The van der Waals surface area contributed by atoms with E-state index < -0.39 is 10.0 Å². The Morgan fingerprint density at radius 2 is 1.69 bits per heavy atom. The van der Waals surface area contributed by atoms with Crippen LogP contribution in [-0.2, 0) is 14.8 Å². The molecule has 6 nitrogen and oxygen atoms in total. The molecule has 2 aromatic carbocycles. The van der Waals surface area contributed by atoms with Crippen molar-refractivity contribution in [1.29, 1.82) is 0 Å². The van der Waals surface area contributed by atoms with Gasteiger partial charge in [0, 0.05) is 24.3 Å². The van der Waals surface area contributed by atoms with E-state index in [0.29, 0.717) is 30.3 Å². The first-order valence-corrected chi connectivity index (χ1v) is 11.3. The Bertz CT molecular complexity index is 961. The number of carbonyl (C=O) groups is 1. The van der Waals surface area contributed by atoms with E-state index >= 15 is 0 Å². The van der Waals surface area contributed by atoms with E-state index in [2.05, 4.69) is 19.2 Å². The van der Waals surface area contributed by atoms with E-state index in [4.69, 9.17) is 4.74 Å².